The summed E-state index contributed by atoms with van der Waals surface area (Å²) >= 11 is 0. The van der Waals surface area contributed by atoms with Crippen molar-refractivity contribution in [3.8, 4) is 0 Å². The molecule has 0 unspecified atom stereocenters. The molecule has 0 saturated heterocycles. The summed E-state index contributed by atoms with van der Waals surface area (Å²) in [7, 11) is 3.10. The van der Waals surface area contributed by atoms with Crippen LogP contribution in [0.5, 0.6) is 0 Å². The van der Waals surface area contributed by atoms with E-state index in [1.54, 1.807) is 18.1 Å². The zero-order chi connectivity index (χ0) is 10.7. The number of carbonyl (C=O) groups is 1. The molecule has 5 heteroatoms. The number of hydrogen-bond donors (Lipinski definition) is 2. The molecule has 0 radical (unpaired) electrons. The Morgan fingerprint density at radius 2 is 2.36 bits per heavy atom. The third kappa shape index (κ3) is 1.81. The summed E-state index contributed by atoms with van der Waals surface area (Å²) in [5.41, 5.74) is 9.93. The molecule has 78 valence electrons. The summed E-state index contributed by atoms with van der Waals surface area (Å²) in [6, 6.07) is 0. The maximum Gasteiger partial charge on any atom is 0.355 e. The smallest absolute Gasteiger partial charge is 0.355 e. The molecule has 0 aromatic carbocycles. The normalized spacial score (nSPS) is 16.2. The highest BCUT2D eigenvalue weighted by Gasteiger charge is 2.18. The lowest BCUT2D eigenvalue weighted by Gasteiger charge is -2.28. The van der Waals surface area contributed by atoms with E-state index in [9.17, 15) is 4.79 Å². The second kappa shape index (κ2) is 4.04. The Morgan fingerprint density at radius 1 is 1.71 bits per heavy atom. The number of allylic oxidation sites excluding steroid dienone is 2. The minimum absolute atomic E-state index is 0.393. The molecule has 3 N–H and O–H groups in total. The Morgan fingerprint density at radius 3 is 2.86 bits per heavy atom. The molecule has 0 aromatic heterocycles. The van der Waals surface area contributed by atoms with Crippen molar-refractivity contribution in [2.75, 3.05) is 14.2 Å². The number of rotatable bonds is 2. The van der Waals surface area contributed by atoms with E-state index < -0.39 is 5.97 Å². The molecular formula is C9H15N3O2. The van der Waals surface area contributed by atoms with Crippen molar-refractivity contribution in [2.24, 2.45) is 5.73 Å². The highest BCUT2D eigenvalue weighted by Crippen LogP contribution is 2.15. The predicted octanol–water partition coefficient (Wildman–Crippen LogP) is 0.0736. The first-order valence-electron chi connectivity index (χ1n) is 4.39. The van der Waals surface area contributed by atoms with Crippen molar-refractivity contribution in [2.45, 2.75) is 13.3 Å². The standard InChI is InChI=1S/C9H15N3O2/c1-4-6-5-7(9(13)14-3)11-12(2)8(6)10/h5,11H,4,10H2,1-3H3. The van der Waals surface area contributed by atoms with Crippen molar-refractivity contribution >= 4 is 5.97 Å². The third-order valence-corrected chi connectivity index (χ3v) is 2.08. The lowest BCUT2D eigenvalue weighted by Crippen LogP contribution is -2.42. The van der Waals surface area contributed by atoms with Gasteiger partial charge in [-0.3, -0.25) is 10.4 Å². The largest absolute Gasteiger partial charge is 0.464 e. The van der Waals surface area contributed by atoms with Crippen LogP contribution in [0.4, 0.5) is 0 Å². The molecule has 1 aliphatic rings. The van der Waals surface area contributed by atoms with Crippen LogP contribution >= 0.6 is 0 Å². The Kier molecular flexibility index (Phi) is 3.01. The average molecular weight is 197 g/mol. The van der Waals surface area contributed by atoms with E-state index >= 15 is 0 Å². The molecule has 0 aliphatic carbocycles. The van der Waals surface area contributed by atoms with Gasteiger partial charge in [0.25, 0.3) is 0 Å². The molecule has 0 atom stereocenters. The van der Waals surface area contributed by atoms with Crippen molar-refractivity contribution in [1.29, 1.82) is 0 Å². The fraction of sp³-hybridized carbons (Fsp3) is 0.444. The fourth-order valence-electron chi connectivity index (χ4n) is 1.23. The van der Waals surface area contributed by atoms with Crippen molar-refractivity contribution in [3.63, 3.8) is 0 Å². The summed E-state index contributed by atoms with van der Waals surface area (Å²) in [6.45, 7) is 1.98. The number of methoxy groups -OCH3 is 1. The monoisotopic (exact) mass is 197 g/mol. The zero-order valence-corrected chi connectivity index (χ0v) is 8.63. The first kappa shape index (κ1) is 10.4. The molecule has 0 fully saturated rings. The molecule has 5 nitrogen and oxygen atoms in total. The highest BCUT2D eigenvalue weighted by molar-refractivity contribution is 5.88. The van der Waals surface area contributed by atoms with Gasteiger partial charge < -0.3 is 10.5 Å². The Bertz CT molecular complexity index is 307. The number of hydrogen-bond acceptors (Lipinski definition) is 5. The minimum atomic E-state index is -0.393. The number of esters is 1. The van der Waals surface area contributed by atoms with Crippen LogP contribution in [0.2, 0.25) is 0 Å². The maximum absolute atomic E-state index is 11.2. The SMILES string of the molecule is CCC1=C(N)N(C)NC(C(=O)OC)=C1. The van der Waals surface area contributed by atoms with Crippen LogP contribution in [0.3, 0.4) is 0 Å². The van der Waals surface area contributed by atoms with E-state index in [1.807, 2.05) is 6.92 Å². The molecule has 14 heavy (non-hydrogen) atoms. The number of carbonyl (C=O) groups excluding carboxylic acids is 1. The third-order valence-electron chi connectivity index (χ3n) is 2.08. The summed E-state index contributed by atoms with van der Waals surface area (Å²) in [5.74, 6) is 0.232. The fourth-order valence-corrected chi connectivity index (χ4v) is 1.23. The van der Waals surface area contributed by atoms with Crippen molar-refractivity contribution in [1.82, 2.24) is 10.4 Å². The summed E-state index contributed by atoms with van der Waals surface area (Å²) in [4.78, 5) is 11.2. The molecule has 1 rings (SSSR count). The molecule has 0 aromatic rings. The van der Waals surface area contributed by atoms with Crippen LogP contribution in [-0.4, -0.2) is 25.1 Å². The van der Waals surface area contributed by atoms with Gasteiger partial charge in [-0.25, -0.2) is 4.79 Å². The number of ether oxygens (including phenoxy) is 1. The maximum atomic E-state index is 11.2. The second-order valence-electron chi connectivity index (χ2n) is 2.98. The van der Waals surface area contributed by atoms with E-state index in [0.29, 0.717) is 11.5 Å². The number of nitrogens with two attached hydrogens (primary N) is 1. The van der Waals surface area contributed by atoms with Crippen molar-refractivity contribution in [3.05, 3.63) is 23.2 Å². The van der Waals surface area contributed by atoms with E-state index in [2.05, 4.69) is 10.2 Å². The molecule has 0 spiro atoms. The van der Waals surface area contributed by atoms with Crippen LogP contribution in [0.1, 0.15) is 13.3 Å². The Balaban J connectivity index is 2.97. The number of hydrazine groups is 1. The van der Waals surface area contributed by atoms with Gasteiger partial charge in [-0.2, -0.15) is 0 Å². The number of nitrogens with zero attached hydrogens (tertiary/aromatic N) is 1. The lowest BCUT2D eigenvalue weighted by atomic mass is 10.1. The van der Waals surface area contributed by atoms with Crippen LogP contribution in [-0.2, 0) is 9.53 Å². The van der Waals surface area contributed by atoms with Crippen molar-refractivity contribution < 1.29 is 9.53 Å². The lowest BCUT2D eigenvalue weighted by molar-refractivity contribution is -0.137. The van der Waals surface area contributed by atoms with Gasteiger partial charge >= 0.3 is 5.97 Å². The van der Waals surface area contributed by atoms with Crippen LogP contribution in [0, 0.1) is 0 Å². The van der Waals surface area contributed by atoms with Gasteiger partial charge in [-0.05, 0) is 18.1 Å². The number of nitrogens with one attached hydrogen (secondary N) is 1. The summed E-state index contributed by atoms with van der Waals surface area (Å²) in [5, 5.41) is 1.60. The van der Waals surface area contributed by atoms with Gasteiger partial charge in [0, 0.05) is 7.05 Å². The first-order valence-corrected chi connectivity index (χ1v) is 4.39. The van der Waals surface area contributed by atoms with Gasteiger partial charge in [0.15, 0.2) is 0 Å². The zero-order valence-electron chi connectivity index (χ0n) is 8.63. The summed E-state index contributed by atoms with van der Waals surface area (Å²) < 4.78 is 4.61. The molecular weight excluding hydrogens is 182 g/mol. The van der Waals surface area contributed by atoms with Gasteiger partial charge in [-0.15, -0.1) is 0 Å². The first-order chi connectivity index (χ1) is 6.60. The van der Waals surface area contributed by atoms with Gasteiger partial charge in [0.2, 0.25) is 0 Å². The molecule has 1 aliphatic heterocycles. The average Bonchev–Trinajstić information content (AvgIpc) is 2.20. The molecule has 0 amide bonds. The quantitative estimate of drug-likeness (QED) is 0.613. The van der Waals surface area contributed by atoms with Gasteiger partial charge in [-0.1, -0.05) is 6.92 Å². The molecule has 1 heterocycles. The van der Waals surface area contributed by atoms with E-state index in [-0.39, 0.29) is 0 Å². The Hall–Kier alpha value is -1.65. The molecule has 0 saturated carbocycles. The van der Waals surface area contributed by atoms with Gasteiger partial charge in [0.1, 0.15) is 11.5 Å². The highest BCUT2D eigenvalue weighted by atomic mass is 16.5. The van der Waals surface area contributed by atoms with Crippen LogP contribution in [0.25, 0.3) is 0 Å². The van der Waals surface area contributed by atoms with E-state index in [0.717, 1.165) is 12.0 Å². The summed E-state index contributed by atoms with van der Waals surface area (Å²) in [6.07, 6.45) is 2.49. The topological polar surface area (TPSA) is 67.6 Å². The molecule has 0 bridgehead atoms. The van der Waals surface area contributed by atoms with Crippen LogP contribution in [0.15, 0.2) is 23.2 Å². The predicted molar refractivity (Wildman–Crippen MR) is 52.5 cm³/mol. The van der Waals surface area contributed by atoms with Gasteiger partial charge in [0.05, 0.1) is 7.11 Å². The minimum Gasteiger partial charge on any atom is -0.464 e. The second-order valence-corrected chi connectivity index (χ2v) is 2.98. The van der Waals surface area contributed by atoms with E-state index in [1.165, 1.54) is 7.11 Å². The van der Waals surface area contributed by atoms with Crippen LogP contribution < -0.4 is 11.2 Å². The van der Waals surface area contributed by atoms with E-state index in [4.69, 9.17) is 5.73 Å². The Labute approximate surface area is 83.2 Å².